The van der Waals surface area contributed by atoms with Crippen molar-refractivity contribution in [3.63, 3.8) is 0 Å². The van der Waals surface area contributed by atoms with Gasteiger partial charge in [0.25, 0.3) is 0 Å². The highest BCUT2D eigenvalue weighted by molar-refractivity contribution is 7.81. The lowest BCUT2D eigenvalue weighted by Crippen LogP contribution is -2.36. The van der Waals surface area contributed by atoms with E-state index in [9.17, 15) is 17.4 Å². The molecule has 4 nitrogen and oxygen atoms in total. The molecular formula is C22H30F3N2O2S+. The van der Waals surface area contributed by atoms with Crippen molar-refractivity contribution in [2.24, 2.45) is 17.8 Å². The molecule has 0 amide bonds. The van der Waals surface area contributed by atoms with Crippen LogP contribution in [0.25, 0.3) is 5.57 Å². The van der Waals surface area contributed by atoms with E-state index in [2.05, 4.69) is 4.90 Å². The Labute approximate surface area is 178 Å². The van der Waals surface area contributed by atoms with Gasteiger partial charge in [-0.2, -0.15) is 0 Å². The molecule has 1 saturated heterocycles. The third-order valence-electron chi connectivity index (χ3n) is 6.42. The van der Waals surface area contributed by atoms with Gasteiger partial charge >= 0.3 is 0 Å². The Morgan fingerprint density at radius 1 is 1.20 bits per heavy atom. The fraction of sp³-hybridized carbons (Fsp3) is 0.636. The van der Waals surface area contributed by atoms with E-state index in [1.807, 2.05) is 10.4 Å². The number of halogens is 3. The average Bonchev–Trinajstić information content (AvgIpc) is 3.11. The Morgan fingerprint density at radius 3 is 2.33 bits per heavy atom. The normalized spacial score (nSPS) is 28.2. The summed E-state index contributed by atoms with van der Waals surface area (Å²) in [6, 6.07) is 2.65. The first kappa shape index (κ1) is 21.8. The van der Waals surface area contributed by atoms with Crippen molar-refractivity contribution < 1.29 is 22.1 Å². The molecule has 0 aromatic heterocycles. The molecule has 4 rings (SSSR count). The first-order valence-electron chi connectivity index (χ1n) is 10.5. The van der Waals surface area contributed by atoms with E-state index in [0.29, 0.717) is 43.5 Å². The molecule has 2 heterocycles. The summed E-state index contributed by atoms with van der Waals surface area (Å²) >= 11 is 0. The Bertz CT molecular complexity index is 835. The summed E-state index contributed by atoms with van der Waals surface area (Å²) in [5.41, 5.74) is 0.160. The van der Waals surface area contributed by atoms with E-state index in [1.165, 1.54) is 12.1 Å². The quantitative estimate of drug-likeness (QED) is 0.477. The molecule has 0 spiro atoms. The molecule has 3 unspecified atom stereocenters. The second kappa shape index (κ2) is 8.28. The summed E-state index contributed by atoms with van der Waals surface area (Å²) in [6.07, 6.45) is 4.14. The lowest BCUT2D eigenvalue weighted by atomic mass is 10.00. The molecule has 30 heavy (non-hydrogen) atoms. The monoisotopic (exact) mass is 443 g/mol. The van der Waals surface area contributed by atoms with Crippen molar-refractivity contribution in [3.8, 4) is 5.75 Å². The molecule has 4 atom stereocenters. The second-order valence-electron chi connectivity index (χ2n) is 9.34. The molecule has 1 aromatic carbocycles. The maximum absolute atomic E-state index is 14.6. The minimum atomic E-state index is -1.39. The van der Waals surface area contributed by atoms with Gasteiger partial charge < -0.3 is 4.74 Å². The zero-order chi connectivity index (χ0) is 21.6. The van der Waals surface area contributed by atoms with Gasteiger partial charge in [-0.1, -0.05) is 10.3 Å². The van der Waals surface area contributed by atoms with Gasteiger partial charge in [-0.25, -0.2) is 13.2 Å². The molecule has 3 aliphatic rings. The summed E-state index contributed by atoms with van der Waals surface area (Å²) in [5.74, 6) is -0.565. The standard InChI is InChI=1S/C22H29F3N2O2S/c1-22(2,25)13-26-10-16-17(11-26)18(16)12-29-21-19(23)8-15(9-20(21)24)14-4-6-27(7-5-14)30(3)28/h4,8-9,16-18H,5-7,10-13H2,1-3H3/p+1/t16-,17?,18?,30?/m1/s1. The number of fused-ring (bicyclic) bond motifs is 1. The topological polar surface area (TPSA) is 32.8 Å². The highest BCUT2D eigenvalue weighted by Crippen LogP contribution is 2.52. The Hall–Kier alpha value is -1.38. The molecule has 0 bridgehead atoms. The Balaban J connectivity index is 1.33. The van der Waals surface area contributed by atoms with E-state index >= 15 is 0 Å². The number of hydrogen-bond donors (Lipinski definition) is 0. The van der Waals surface area contributed by atoms with Crippen LogP contribution >= 0.6 is 0 Å². The molecule has 166 valence electrons. The highest BCUT2D eigenvalue weighted by Gasteiger charge is 2.56. The maximum Gasteiger partial charge on any atom is 0.190 e. The molecule has 1 aliphatic carbocycles. The van der Waals surface area contributed by atoms with Gasteiger partial charge in [-0.15, -0.1) is 4.31 Å². The number of nitrogens with zero attached hydrogens (tertiary/aromatic N) is 2. The first-order valence-corrected chi connectivity index (χ1v) is 12.2. The number of thiol groups is 1. The minimum Gasteiger partial charge on any atom is -0.487 e. The molecule has 0 radical (unpaired) electrons. The van der Waals surface area contributed by atoms with E-state index < -0.39 is 28.3 Å². The van der Waals surface area contributed by atoms with Crippen molar-refractivity contribution in [2.45, 2.75) is 25.9 Å². The average molecular weight is 444 g/mol. The van der Waals surface area contributed by atoms with E-state index in [1.54, 1.807) is 20.1 Å². The number of ether oxygens (including phenoxy) is 1. The largest absolute Gasteiger partial charge is 0.487 e. The van der Waals surface area contributed by atoms with Crippen molar-refractivity contribution in [1.82, 2.24) is 9.21 Å². The Kier molecular flexibility index (Phi) is 6.03. The van der Waals surface area contributed by atoms with Crippen LogP contribution in [0.1, 0.15) is 25.8 Å². The Morgan fingerprint density at radius 2 is 1.83 bits per heavy atom. The smallest absolute Gasteiger partial charge is 0.190 e. The molecule has 8 heteroatoms. The SMILES string of the molecule is C[SH+](=O)N1CC=C(c2cc(F)c(OCC3C4CN(CC(C)(C)F)C[C@@H]34)c(F)c2)CC1. The van der Waals surface area contributed by atoms with E-state index in [0.717, 1.165) is 18.7 Å². The first-order chi connectivity index (χ1) is 14.1. The molecule has 1 aromatic rings. The van der Waals surface area contributed by atoms with Gasteiger partial charge in [0.05, 0.1) is 13.2 Å². The summed E-state index contributed by atoms with van der Waals surface area (Å²) in [7, 11) is -1.39. The van der Waals surface area contributed by atoms with Crippen LogP contribution in [0.4, 0.5) is 13.2 Å². The third kappa shape index (κ3) is 4.75. The van der Waals surface area contributed by atoms with Crippen molar-refractivity contribution in [3.05, 3.63) is 35.4 Å². The maximum atomic E-state index is 14.6. The predicted molar refractivity (Wildman–Crippen MR) is 113 cm³/mol. The highest BCUT2D eigenvalue weighted by atomic mass is 32.2. The second-order valence-corrected chi connectivity index (χ2v) is 10.8. The third-order valence-corrected chi connectivity index (χ3v) is 7.58. The van der Waals surface area contributed by atoms with Gasteiger partial charge in [0.2, 0.25) is 0 Å². The molecule has 1 saturated carbocycles. The number of benzene rings is 1. The van der Waals surface area contributed by atoms with Crippen LogP contribution in [0.5, 0.6) is 5.75 Å². The van der Waals surface area contributed by atoms with E-state index in [4.69, 9.17) is 4.74 Å². The van der Waals surface area contributed by atoms with Gasteiger partial charge in [-0.3, -0.25) is 4.90 Å². The summed E-state index contributed by atoms with van der Waals surface area (Å²) in [6.45, 7) is 6.64. The zero-order valence-electron chi connectivity index (χ0n) is 17.7. The van der Waals surface area contributed by atoms with Crippen LogP contribution in [0.2, 0.25) is 0 Å². The van der Waals surface area contributed by atoms with Crippen molar-refractivity contribution >= 4 is 16.6 Å². The summed E-state index contributed by atoms with van der Waals surface area (Å²) < 4.78 is 61.9. The lowest BCUT2D eigenvalue weighted by Gasteiger charge is -2.25. The van der Waals surface area contributed by atoms with Crippen LogP contribution in [-0.2, 0) is 15.2 Å². The van der Waals surface area contributed by atoms with Gasteiger partial charge in [0.1, 0.15) is 22.9 Å². The van der Waals surface area contributed by atoms with Gasteiger partial charge in [0.15, 0.2) is 17.4 Å². The molecule has 0 N–H and O–H groups in total. The van der Waals surface area contributed by atoms with E-state index in [-0.39, 0.29) is 18.3 Å². The summed E-state index contributed by atoms with van der Waals surface area (Å²) in [5, 5.41) is 0. The molecule has 2 aliphatic heterocycles. The number of alkyl halides is 1. The molecule has 2 fully saturated rings. The number of piperidine rings is 1. The summed E-state index contributed by atoms with van der Waals surface area (Å²) in [4.78, 5) is 2.12. The molecular weight excluding hydrogens is 413 g/mol. The van der Waals surface area contributed by atoms with Gasteiger partial charge in [0, 0.05) is 32.1 Å². The lowest BCUT2D eigenvalue weighted by molar-refractivity contribution is 0.126. The van der Waals surface area contributed by atoms with Crippen LogP contribution < -0.4 is 4.74 Å². The number of hydrogen-bond acceptors (Lipinski definition) is 3. The fourth-order valence-electron chi connectivity index (χ4n) is 4.88. The number of rotatable bonds is 7. The van der Waals surface area contributed by atoms with Crippen molar-refractivity contribution in [1.29, 1.82) is 0 Å². The van der Waals surface area contributed by atoms with Crippen molar-refractivity contribution in [2.75, 3.05) is 45.6 Å². The number of likely N-dealkylation sites (tertiary alicyclic amines) is 1. The minimum absolute atomic E-state index is 0.283. The van der Waals surface area contributed by atoms with Crippen LogP contribution in [0.3, 0.4) is 0 Å². The van der Waals surface area contributed by atoms with Crippen LogP contribution in [-0.4, -0.2) is 60.5 Å². The van der Waals surface area contributed by atoms with Crippen LogP contribution in [0.15, 0.2) is 18.2 Å². The fourth-order valence-corrected chi connectivity index (χ4v) is 5.58. The predicted octanol–water partition coefficient (Wildman–Crippen LogP) is 3.60. The van der Waals surface area contributed by atoms with Gasteiger partial charge in [-0.05, 0) is 55.4 Å². The zero-order valence-corrected chi connectivity index (χ0v) is 18.6. The van der Waals surface area contributed by atoms with Crippen LogP contribution in [0, 0.1) is 29.4 Å².